The summed E-state index contributed by atoms with van der Waals surface area (Å²) in [5, 5.41) is 0. The zero-order chi connectivity index (χ0) is 21.5. The number of likely N-dealkylation sites (tertiary alicyclic amines) is 1. The molecule has 2 saturated heterocycles. The number of nitrogens with zero attached hydrogens (tertiary/aromatic N) is 6. The summed E-state index contributed by atoms with van der Waals surface area (Å²) in [6.45, 7) is 3.66. The van der Waals surface area contributed by atoms with Crippen LogP contribution < -0.4 is 9.64 Å². The number of anilines is 1. The molecule has 3 aliphatic rings. The van der Waals surface area contributed by atoms with E-state index in [-0.39, 0.29) is 0 Å². The second-order valence-electron chi connectivity index (χ2n) is 9.19. The summed E-state index contributed by atoms with van der Waals surface area (Å²) in [6, 6.07) is 9.21. The van der Waals surface area contributed by atoms with Crippen LogP contribution in [0.1, 0.15) is 32.1 Å². The van der Waals surface area contributed by atoms with Crippen LogP contribution in [-0.2, 0) is 6.54 Å². The van der Waals surface area contributed by atoms with Gasteiger partial charge in [0.1, 0.15) is 29.7 Å². The lowest BCUT2D eigenvalue weighted by atomic mass is 9.94. The van der Waals surface area contributed by atoms with Gasteiger partial charge in [0.25, 0.3) is 0 Å². The molecule has 6 rings (SSSR count). The normalized spacial score (nSPS) is 23.3. The number of hydrogen-bond acceptors (Lipinski definition) is 6. The second-order valence-corrected chi connectivity index (χ2v) is 9.19. The Kier molecular flexibility index (Phi) is 5.06. The molecule has 32 heavy (non-hydrogen) atoms. The van der Waals surface area contributed by atoms with E-state index >= 15 is 0 Å². The number of pyridine rings is 2. The van der Waals surface area contributed by atoms with E-state index in [0.717, 1.165) is 47.4 Å². The van der Waals surface area contributed by atoms with Crippen LogP contribution in [0.4, 0.5) is 5.82 Å². The van der Waals surface area contributed by atoms with Crippen molar-refractivity contribution < 1.29 is 4.74 Å². The van der Waals surface area contributed by atoms with Crippen LogP contribution in [0.2, 0.25) is 0 Å². The minimum atomic E-state index is 0.536. The summed E-state index contributed by atoms with van der Waals surface area (Å²) in [7, 11) is 2.28. The maximum atomic E-state index is 6.18. The lowest BCUT2D eigenvalue weighted by Crippen LogP contribution is -2.50. The number of hydrogen-bond donors (Lipinski definition) is 0. The van der Waals surface area contributed by atoms with E-state index in [1.807, 2.05) is 24.4 Å². The van der Waals surface area contributed by atoms with Gasteiger partial charge in [0, 0.05) is 43.3 Å². The molecule has 2 atom stereocenters. The van der Waals surface area contributed by atoms with Gasteiger partial charge in [-0.2, -0.15) is 0 Å². The van der Waals surface area contributed by atoms with Crippen molar-refractivity contribution in [1.82, 2.24) is 24.4 Å². The van der Waals surface area contributed by atoms with Gasteiger partial charge in [0.05, 0.1) is 17.8 Å². The quantitative estimate of drug-likeness (QED) is 0.629. The van der Waals surface area contributed by atoms with Gasteiger partial charge in [0.15, 0.2) is 0 Å². The first kappa shape index (κ1) is 19.7. The highest BCUT2D eigenvalue weighted by Gasteiger charge is 2.36. The molecular formula is C25H30N6O. The Bertz CT molecular complexity index is 1100. The van der Waals surface area contributed by atoms with Crippen LogP contribution in [0.25, 0.3) is 22.8 Å². The van der Waals surface area contributed by atoms with Crippen molar-refractivity contribution in [1.29, 1.82) is 0 Å². The van der Waals surface area contributed by atoms with Crippen molar-refractivity contribution >= 4 is 5.82 Å². The van der Waals surface area contributed by atoms with Crippen LogP contribution >= 0.6 is 0 Å². The maximum Gasteiger partial charge on any atom is 0.146 e. The predicted octanol–water partition coefficient (Wildman–Crippen LogP) is 3.85. The van der Waals surface area contributed by atoms with E-state index < -0.39 is 0 Å². The van der Waals surface area contributed by atoms with Gasteiger partial charge in [-0.3, -0.25) is 4.98 Å². The highest BCUT2D eigenvalue weighted by molar-refractivity contribution is 5.70. The van der Waals surface area contributed by atoms with Crippen molar-refractivity contribution in [3.63, 3.8) is 0 Å². The molecule has 0 spiro atoms. The molecule has 1 unspecified atom stereocenters. The second kappa shape index (κ2) is 8.20. The third-order valence-electron chi connectivity index (χ3n) is 7.25. The monoisotopic (exact) mass is 430 g/mol. The lowest BCUT2D eigenvalue weighted by molar-refractivity contribution is 0.160. The van der Waals surface area contributed by atoms with E-state index in [9.17, 15) is 0 Å². The zero-order valence-electron chi connectivity index (χ0n) is 18.7. The third-order valence-corrected chi connectivity index (χ3v) is 7.25. The fourth-order valence-electron chi connectivity index (χ4n) is 5.63. The molecular weight excluding hydrogens is 400 g/mol. The average molecular weight is 431 g/mol. The van der Waals surface area contributed by atoms with Crippen LogP contribution in [0.15, 0.2) is 42.9 Å². The molecule has 3 aromatic rings. The standard InChI is InChI=1S/C25H30N6O/c1-29-11-5-3-8-21(29)22-9-6-12-31(22)24-15-23-18(16-27-24)25-28-20(17-30(25)13-14-32-23)19-7-2-4-10-26-19/h2,4,7,10,15-17,21-22H,3,5-6,8-9,11-14H2,1H3/t21?,22-/m0/s1. The number of aromatic nitrogens is 4. The number of ether oxygens (including phenoxy) is 1. The van der Waals surface area contributed by atoms with Gasteiger partial charge in [-0.1, -0.05) is 12.5 Å². The fourth-order valence-corrected chi connectivity index (χ4v) is 5.63. The minimum absolute atomic E-state index is 0.536. The summed E-state index contributed by atoms with van der Waals surface area (Å²) >= 11 is 0. The van der Waals surface area contributed by atoms with Gasteiger partial charge in [-0.15, -0.1) is 0 Å². The highest BCUT2D eigenvalue weighted by atomic mass is 16.5. The largest absolute Gasteiger partial charge is 0.491 e. The molecule has 7 nitrogen and oxygen atoms in total. The minimum Gasteiger partial charge on any atom is -0.491 e. The molecule has 3 aliphatic heterocycles. The van der Waals surface area contributed by atoms with Crippen molar-refractivity contribution in [2.75, 3.05) is 31.6 Å². The van der Waals surface area contributed by atoms with Crippen LogP contribution in [0.3, 0.4) is 0 Å². The molecule has 0 aliphatic carbocycles. The van der Waals surface area contributed by atoms with Gasteiger partial charge in [0.2, 0.25) is 0 Å². The van der Waals surface area contributed by atoms with Gasteiger partial charge in [-0.25, -0.2) is 9.97 Å². The summed E-state index contributed by atoms with van der Waals surface area (Å²) < 4.78 is 8.34. The Morgan fingerprint density at radius 3 is 2.78 bits per heavy atom. The Labute approximate surface area is 189 Å². The maximum absolute atomic E-state index is 6.18. The number of rotatable bonds is 3. The smallest absolute Gasteiger partial charge is 0.146 e. The van der Waals surface area contributed by atoms with Gasteiger partial charge >= 0.3 is 0 Å². The Morgan fingerprint density at radius 1 is 0.969 bits per heavy atom. The third kappa shape index (κ3) is 3.45. The van der Waals surface area contributed by atoms with Gasteiger partial charge in [-0.05, 0) is 51.4 Å². The van der Waals surface area contributed by atoms with E-state index in [0.29, 0.717) is 18.7 Å². The van der Waals surface area contributed by atoms with Crippen molar-refractivity contribution in [2.24, 2.45) is 0 Å². The summed E-state index contributed by atoms with van der Waals surface area (Å²) in [6.07, 6.45) is 12.2. The van der Waals surface area contributed by atoms with Crippen LogP contribution in [0.5, 0.6) is 5.75 Å². The molecule has 7 heteroatoms. The van der Waals surface area contributed by atoms with Crippen LogP contribution in [-0.4, -0.2) is 63.2 Å². The average Bonchev–Trinajstić information content (AvgIpc) is 3.44. The molecule has 0 amide bonds. The Balaban J connectivity index is 1.33. The topological polar surface area (TPSA) is 59.3 Å². The number of imidazole rings is 1. The van der Waals surface area contributed by atoms with Crippen LogP contribution in [0, 0.1) is 0 Å². The van der Waals surface area contributed by atoms with E-state index in [4.69, 9.17) is 14.7 Å². The first-order chi connectivity index (χ1) is 15.8. The lowest BCUT2D eigenvalue weighted by Gasteiger charge is -2.40. The molecule has 166 valence electrons. The highest BCUT2D eigenvalue weighted by Crippen LogP contribution is 2.38. The van der Waals surface area contributed by atoms with E-state index in [1.165, 1.54) is 38.6 Å². The summed E-state index contributed by atoms with van der Waals surface area (Å²) in [5.41, 5.74) is 2.73. The fraction of sp³-hybridized carbons (Fsp3) is 0.480. The molecule has 0 saturated carbocycles. The molecule has 3 aromatic heterocycles. The molecule has 0 radical (unpaired) electrons. The number of fused-ring (bicyclic) bond motifs is 3. The SMILES string of the molecule is CN1CCCCC1[C@@H]1CCCN1c1cc2c(cn1)-c1nc(-c3ccccn3)cn1CCO2. The molecule has 0 bridgehead atoms. The van der Waals surface area contributed by atoms with E-state index in [2.05, 4.69) is 38.7 Å². The molecule has 2 fully saturated rings. The molecule has 0 aromatic carbocycles. The summed E-state index contributed by atoms with van der Waals surface area (Å²) in [5.74, 6) is 2.83. The van der Waals surface area contributed by atoms with E-state index in [1.54, 1.807) is 6.20 Å². The molecule has 6 heterocycles. The van der Waals surface area contributed by atoms with Gasteiger partial charge < -0.3 is 19.1 Å². The Morgan fingerprint density at radius 2 is 1.91 bits per heavy atom. The zero-order valence-corrected chi connectivity index (χ0v) is 18.7. The van der Waals surface area contributed by atoms with Crippen molar-refractivity contribution in [3.05, 3.63) is 42.9 Å². The van der Waals surface area contributed by atoms with Crippen molar-refractivity contribution in [3.8, 4) is 28.5 Å². The number of piperidine rings is 1. The Hall–Kier alpha value is -2.93. The first-order valence-corrected chi connectivity index (χ1v) is 11.9. The number of likely N-dealkylation sites (N-methyl/N-ethyl adjacent to an activating group) is 1. The van der Waals surface area contributed by atoms with Crippen molar-refractivity contribution in [2.45, 2.75) is 50.7 Å². The summed E-state index contributed by atoms with van der Waals surface area (Å²) in [4.78, 5) is 19.4. The predicted molar refractivity (Wildman–Crippen MR) is 125 cm³/mol. The first-order valence-electron chi connectivity index (χ1n) is 11.9. The molecule has 0 N–H and O–H groups in total.